The number of carbonyl (C=O) groups excluding carboxylic acids is 3. The Hall–Kier alpha value is -13.2. The molecule has 3 fully saturated rings. The average Bonchev–Trinajstić information content (AvgIpc) is 1.60. The number of carbonyl (C=O) groups is 3. The number of anilines is 12. The predicted molar refractivity (Wildman–Crippen MR) is 470 cm³/mol. The van der Waals surface area contributed by atoms with Gasteiger partial charge in [0.1, 0.15) is 40.7 Å². The summed E-state index contributed by atoms with van der Waals surface area (Å²) in [5.41, 5.74) is 3.96. The third-order valence-electron chi connectivity index (χ3n) is 22.8. The molecule has 3 aliphatic carbocycles. The highest BCUT2D eigenvalue weighted by atomic mass is 32.2. The summed E-state index contributed by atoms with van der Waals surface area (Å²) in [7, 11) is -8.76. The lowest BCUT2D eigenvalue weighted by molar-refractivity contribution is -0.137. The van der Waals surface area contributed by atoms with Crippen LogP contribution in [0.3, 0.4) is 0 Å². The Morgan fingerprint density at radius 3 is 1.19 bits per heavy atom. The molecule has 3 saturated carbocycles. The number of fused-ring (bicyclic) bond motifs is 12. The molecule has 3 unspecified atom stereocenters. The smallest absolute Gasteiger partial charge is 0.369 e. The van der Waals surface area contributed by atoms with Gasteiger partial charge in [-0.05, 0) is 220 Å². The highest BCUT2D eigenvalue weighted by Crippen LogP contribution is 2.53. The average molecular weight is 1760 g/mol. The van der Waals surface area contributed by atoms with E-state index in [9.17, 15) is 49.0 Å². The van der Waals surface area contributed by atoms with Crippen molar-refractivity contribution in [3.63, 3.8) is 0 Å². The van der Waals surface area contributed by atoms with Crippen molar-refractivity contribution in [2.75, 3.05) is 84.7 Å². The summed E-state index contributed by atoms with van der Waals surface area (Å²) in [5.74, 6) is 0.0211. The second kappa shape index (κ2) is 35.2. The van der Waals surface area contributed by atoms with Crippen molar-refractivity contribution in [1.29, 1.82) is 14.3 Å². The molecule has 642 valence electrons. The van der Waals surface area contributed by atoms with Gasteiger partial charge in [-0.15, -0.1) is 0 Å². The van der Waals surface area contributed by atoms with Gasteiger partial charge >= 0.3 is 6.18 Å². The Kier molecular flexibility index (Phi) is 24.0. The summed E-state index contributed by atoms with van der Waals surface area (Å²) in [6, 6.07) is 54.0. The van der Waals surface area contributed by atoms with Crippen molar-refractivity contribution in [3.8, 4) is 33.4 Å². The quantitative estimate of drug-likeness (QED) is 0.0506. The van der Waals surface area contributed by atoms with Gasteiger partial charge in [-0.25, -0.2) is 59.5 Å². The van der Waals surface area contributed by atoms with Gasteiger partial charge in [0, 0.05) is 115 Å². The molecule has 125 heavy (non-hydrogen) atoms. The molecular weight excluding hydrogens is 1670 g/mol. The molecule has 3 atom stereocenters. The van der Waals surface area contributed by atoms with E-state index in [2.05, 4.69) is 72.8 Å². The van der Waals surface area contributed by atoms with Crippen LogP contribution in [0.2, 0.25) is 0 Å². The molecule has 12 aromatic rings. The monoisotopic (exact) mass is 1750 g/mol. The molecule has 0 spiro atoms. The first-order valence-electron chi connectivity index (χ1n) is 40.6. The summed E-state index contributed by atoms with van der Waals surface area (Å²) in [4.78, 5) is 68.0. The van der Waals surface area contributed by atoms with E-state index in [0.717, 1.165) is 48.1 Å². The van der Waals surface area contributed by atoms with Crippen LogP contribution in [0.15, 0.2) is 240 Å². The minimum absolute atomic E-state index is 0.00680. The first-order valence-corrected chi connectivity index (χ1v) is 45.8. The van der Waals surface area contributed by atoms with Gasteiger partial charge in [-0.2, -0.15) is 28.1 Å². The Morgan fingerprint density at radius 2 is 0.776 bits per heavy atom. The number of hydrogen-bond acceptors (Lipinski definition) is 21. The molecule has 6 heterocycles. The van der Waals surface area contributed by atoms with E-state index < -0.39 is 86.4 Å². The molecule has 24 nitrogen and oxygen atoms in total. The molecule has 3 aromatic heterocycles. The topological polar surface area (TPSA) is 360 Å². The maximum Gasteiger partial charge on any atom is 0.416 e. The number of nitrogens with zero attached hydrogens (tertiary/aromatic N) is 6. The molecule has 0 radical (unpaired) electrons. The largest absolute Gasteiger partial charge is 0.416 e. The van der Waals surface area contributed by atoms with E-state index in [1.807, 2.05) is 30.3 Å². The fourth-order valence-electron chi connectivity index (χ4n) is 15.3. The number of rotatable bonds is 12. The third-order valence-corrected chi connectivity index (χ3v) is 28.5. The van der Waals surface area contributed by atoms with Gasteiger partial charge < -0.3 is 47.9 Å². The van der Waals surface area contributed by atoms with Crippen molar-refractivity contribution in [2.24, 2.45) is 0 Å². The summed E-state index contributed by atoms with van der Waals surface area (Å²) in [6.07, 6.45) is 7.29. The zero-order valence-corrected chi connectivity index (χ0v) is 69.5. The van der Waals surface area contributed by atoms with E-state index in [0.29, 0.717) is 172 Å². The minimum atomic E-state index is -4.54. The minimum Gasteiger partial charge on any atom is -0.369 e. The number of amides is 3. The van der Waals surface area contributed by atoms with Crippen LogP contribution >= 0.6 is 0 Å². The molecule has 18 rings (SSSR count). The zero-order chi connectivity index (χ0) is 87.5. The molecule has 34 heteroatoms. The van der Waals surface area contributed by atoms with Crippen molar-refractivity contribution >= 4 is 116 Å². The lowest BCUT2D eigenvalue weighted by Gasteiger charge is -2.18. The molecule has 12 N–H and O–H groups in total. The normalized spacial score (nSPS) is 19.4. The second-order valence-electron chi connectivity index (χ2n) is 31.5. The van der Waals surface area contributed by atoms with E-state index >= 15 is 8.78 Å². The van der Waals surface area contributed by atoms with Crippen LogP contribution in [-0.4, -0.2) is 97.1 Å². The Balaban J connectivity index is 0.000000139. The van der Waals surface area contributed by atoms with Crippen LogP contribution in [-0.2, 0) is 66.0 Å². The van der Waals surface area contributed by atoms with E-state index in [1.54, 1.807) is 122 Å². The second-order valence-corrected chi connectivity index (χ2v) is 38.2. The zero-order valence-electron chi connectivity index (χ0n) is 67.1. The summed E-state index contributed by atoms with van der Waals surface area (Å²) in [5, 5.41) is 27.5. The van der Waals surface area contributed by atoms with Crippen LogP contribution in [0, 0.1) is 37.6 Å². The summed E-state index contributed by atoms with van der Waals surface area (Å²) >= 11 is 0. The standard InChI is InChI=1S/C31H28F4N6O2S.C30H28F2N6O2S.C30H29FN6O2S/c32-25-15-19(9-10-26(25)40-28(42)30(11-12-30)20-5-3-6-21(16-20)31(33,34)35)24-18-38-29-39-22-7-4-8-23(17-22)44(36,43)14-2-1-13-37-27(24)41-29;31-24-9-2-1-8-23(24)30(12-13-30)28(39)37-26-11-10-19(16-25(26)32)22-18-35-29-36-20-6-5-7-21(17-20)41(33,40)15-4-3-14-34-27(22)38-29;31-22-10-8-21(9-11-22)30(14-15-30)28(38)35-23-12-6-20(7-13-23)26-19-34-29-36-24-4-3-5-25(18-24)40(32,39)17-2-1-16-33-27(26)37-29/h3-10,15-18,36H,1-2,11-14H2,(H,40,42)(H2,37,38,39,41);1-2,5-11,16-18,33H,3-4,12-15H2,(H,37,39)(H2,34,35,36,38);3-13,18-19,32H,1-2,14-17H2,(H,35,38)(H2,33,34,36,37). The third kappa shape index (κ3) is 19.3. The summed E-state index contributed by atoms with van der Waals surface area (Å²) in [6.45, 7) is 1.58. The number of nitrogens with one attached hydrogen (secondary N) is 12. The lowest BCUT2D eigenvalue weighted by atomic mass is 9.93. The molecule has 12 bridgehead atoms. The number of halogens is 7. The summed E-state index contributed by atoms with van der Waals surface area (Å²) < 4.78 is 162. The van der Waals surface area contributed by atoms with Crippen molar-refractivity contribution < 1.29 is 57.7 Å². The van der Waals surface area contributed by atoms with Gasteiger partial charge in [0.05, 0.1) is 62.4 Å². The fraction of sp³-hybridized carbons (Fsp3) is 0.242. The lowest BCUT2D eigenvalue weighted by Crippen LogP contribution is -2.29. The van der Waals surface area contributed by atoms with Crippen LogP contribution < -0.4 is 47.9 Å². The highest BCUT2D eigenvalue weighted by molar-refractivity contribution is 7.93. The highest BCUT2D eigenvalue weighted by Gasteiger charge is 2.54. The number of hydrogen-bond donors (Lipinski definition) is 12. The maximum atomic E-state index is 15.4. The Labute approximate surface area is 716 Å². The van der Waals surface area contributed by atoms with Crippen LogP contribution in [0.25, 0.3) is 33.4 Å². The predicted octanol–water partition coefficient (Wildman–Crippen LogP) is 20.1. The van der Waals surface area contributed by atoms with Gasteiger partial charge in [-0.3, -0.25) is 14.4 Å². The number of aromatic nitrogens is 6. The molecular formula is C91H85F7N18O6S3. The van der Waals surface area contributed by atoms with Crippen LogP contribution in [0.5, 0.6) is 0 Å². The van der Waals surface area contributed by atoms with Crippen molar-refractivity contribution in [3.05, 3.63) is 270 Å². The van der Waals surface area contributed by atoms with Crippen molar-refractivity contribution in [1.82, 2.24) is 29.9 Å². The molecule has 0 saturated heterocycles. The maximum absolute atomic E-state index is 15.4. The first-order chi connectivity index (χ1) is 60.0. The molecule has 3 amide bonds. The van der Waals surface area contributed by atoms with Gasteiger partial charge in [0.25, 0.3) is 0 Å². The van der Waals surface area contributed by atoms with E-state index in [1.165, 1.54) is 60.8 Å². The molecule has 9 aromatic carbocycles. The van der Waals surface area contributed by atoms with Gasteiger partial charge in [0.2, 0.25) is 35.6 Å². The Bertz CT molecular complexity index is 6520. The van der Waals surface area contributed by atoms with Crippen LogP contribution in [0.4, 0.5) is 100 Å². The number of benzene rings is 9. The Morgan fingerprint density at radius 1 is 0.384 bits per heavy atom. The first kappa shape index (κ1) is 85.4. The van der Waals surface area contributed by atoms with Gasteiger partial charge in [0.15, 0.2) is 0 Å². The fourth-order valence-corrected chi connectivity index (χ4v) is 19.7. The van der Waals surface area contributed by atoms with E-state index in [4.69, 9.17) is 19.3 Å². The van der Waals surface area contributed by atoms with E-state index in [-0.39, 0.29) is 52.1 Å². The van der Waals surface area contributed by atoms with Gasteiger partial charge in [-0.1, -0.05) is 91.0 Å². The number of alkyl halides is 3. The molecule has 3 aliphatic heterocycles. The van der Waals surface area contributed by atoms with Crippen molar-refractivity contribution in [2.45, 2.75) is 114 Å². The SMILES string of the molecule is N=S1(=O)CCCCNc2nc(ncc2-c2ccc(NC(=O)C3(c4ccc(F)cc4)CC3)cc2)Nc2cccc1c2.N=S1(=O)CCCCNc2nc(ncc2-c2ccc(NC(=O)C3(c4cccc(C(F)(F)F)c4)CC3)c(F)c2)Nc2cccc1c2.N=S1(=O)CCCCNc2nc(ncc2-c2ccc(NC(=O)C3(c4ccccc4F)CC3)c(F)c2)Nc2cccc1c2. The molecule has 6 aliphatic rings. The van der Waals surface area contributed by atoms with Crippen LogP contribution in [0.1, 0.15) is 99.3 Å².